The van der Waals surface area contributed by atoms with Gasteiger partial charge in [-0.3, -0.25) is 9.59 Å². The van der Waals surface area contributed by atoms with Gasteiger partial charge in [-0.25, -0.2) is 14.4 Å². The molecule has 4 rings (SSSR count). The van der Waals surface area contributed by atoms with Gasteiger partial charge in [0.1, 0.15) is 22.5 Å². The van der Waals surface area contributed by atoms with Gasteiger partial charge in [0.2, 0.25) is 5.91 Å². The maximum absolute atomic E-state index is 13.0. The molecular formula is C25H25ClFN5O3S. The smallest absolute Gasteiger partial charge is 0.254 e. The molecule has 1 aromatic heterocycles. The zero-order valence-corrected chi connectivity index (χ0v) is 21.4. The highest BCUT2D eigenvalue weighted by atomic mass is 35.5. The number of benzene rings is 2. The van der Waals surface area contributed by atoms with Gasteiger partial charge in [-0.15, -0.1) is 0 Å². The van der Waals surface area contributed by atoms with E-state index < -0.39 is 0 Å². The number of nitrogens with one attached hydrogen (secondary N) is 1. The molecule has 2 heterocycles. The van der Waals surface area contributed by atoms with Gasteiger partial charge < -0.3 is 19.9 Å². The first-order valence-electron chi connectivity index (χ1n) is 11.2. The summed E-state index contributed by atoms with van der Waals surface area (Å²) in [7, 11) is 1.59. The van der Waals surface area contributed by atoms with Gasteiger partial charge >= 0.3 is 0 Å². The molecule has 8 nitrogen and oxygen atoms in total. The second-order valence-electron chi connectivity index (χ2n) is 8.20. The third kappa shape index (κ3) is 6.44. The number of hydrogen-bond donors (Lipinski definition) is 1. The fourth-order valence-corrected chi connectivity index (χ4v) is 4.72. The van der Waals surface area contributed by atoms with Crippen molar-refractivity contribution in [3.63, 3.8) is 0 Å². The lowest BCUT2D eigenvalue weighted by atomic mass is 10.1. The third-order valence-corrected chi connectivity index (χ3v) is 6.71. The molecule has 1 aliphatic rings. The first-order chi connectivity index (χ1) is 17.3. The van der Waals surface area contributed by atoms with Crippen molar-refractivity contribution < 1.29 is 18.7 Å². The number of thioether (sulfide) groups is 1. The van der Waals surface area contributed by atoms with Crippen LogP contribution in [0.5, 0.6) is 5.75 Å². The molecule has 1 N–H and O–H groups in total. The van der Waals surface area contributed by atoms with E-state index in [4.69, 9.17) is 16.3 Å². The van der Waals surface area contributed by atoms with Gasteiger partial charge in [-0.05, 0) is 55.5 Å². The first kappa shape index (κ1) is 25.7. The molecule has 1 atom stereocenters. The van der Waals surface area contributed by atoms with Crippen LogP contribution < -0.4 is 15.0 Å². The Kier molecular flexibility index (Phi) is 8.27. The van der Waals surface area contributed by atoms with Crippen LogP contribution in [0.25, 0.3) is 0 Å². The molecular weight excluding hydrogens is 505 g/mol. The van der Waals surface area contributed by atoms with Crippen LogP contribution in [0.2, 0.25) is 5.15 Å². The van der Waals surface area contributed by atoms with Crippen molar-refractivity contribution in [2.75, 3.05) is 42.7 Å². The summed E-state index contributed by atoms with van der Waals surface area (Å²) in [5.74, 6) is 0.733. The number of ether oxygens (including phenoxy) is 1. The minimum Gasteiger partial charge on any atom is -0.497 e. The Bertz CT molecular complexity index is 1230. The number of halogens is 2. The number of amides is 2. The predicted molar refractivity (Wildman–Crippen MR) is 139 cm³/mol. The topological polar surface area (TPSA) is 87.7 Å². The van der Waals surface area contributed by atoms with E-state index in [9.17, 15) is 14.0 Å². The molecule has 188 valence electrons. The molecule has 1 unspecified atom stereocenters. The summed E-state index contributed by atoms with van der Waals surface area (Å²) in [5.41, 5.74) is 1.12. The molecule has 36 heavy (non-hydrogen) atoms. The van der Waals surface area contributed by atoms with E-state index in [0.717, 1.165) is 11.8 Å². The van der Waals surface area contributed by atoms with Crippen molar-refractivity contribution in [1.29, 1.82) is 0 Å². The van der Waals surface area contributed by atoms with Gasteiger partial charge in [0.15, 0.2) is 5.16 Å². The molecule has 3 aromatic rings. The fourth-order valence-electron chi connectivity index (χ4n) is 3.84. The summed E-state index contributed by atoms with van der Waals surface area (Å²) < 4.78 is 18.2. The summed E-state index contributed by atoms with van der Waals surface area (Å²) in [6.07, 6.45) is 0. The Labute approximate surface area is 217 Å². The predicted octanol–water partition coefficient (Wildman–Crippen LogP) is 4.36. The Morgan fingerprint density at radius 2 is 1.86 bits per heavy atom. The Morgan fingerprint density at radius 3 is 2.53 bits per heavy atom. The number of hydrogen-bond acceptors (Lipinski definition) is 7. The summed E-state index contributed by atoms with van der Waals surface area (Å²) in [4.78, 5) is 38.0. The van der Waals surface area contributed by atoms with E-state index >= 15 is 0 Å². The van der Waals surface area contributed by atoms with Crippen LogP contribution in [0.15, 0.2) is 59.8 Å². The maximum atomic E-state index is 13.0. The summed E-state index contributed by atoms with van der Waals surface area (Å²) >= 11 is 7.40. The van der Waals surface area contributed by atoms with Crippen LogP contribution in [0, 0.1) is 5.82 Å². The zero-order chi connectivity index (χ0) is 25.7. The lowest BCUT2D eigenvalue weighted by Gasteiger charge is -2.40. The largest absolute Gasteiger partial charge is 0.497 e. The van der Waals surface area contributed by atoms with Crippen LogP contribution in [0.4, 0.5) is 15.9 Å². The lowest BCUT2D eigenvalue weighted by Crippen LogP contribution is -2.54. The van der Waals surface area contributed by atoms with Crippen LogP contribution in [0.3, 0.4) is 0 Å². The summed E-state index contributed by atoms with van der Waals surface area (Å²) in [6, 6.07) is 14.2. The lowest BCUT2D eigenvalue weighted by molar-refractivity contribution is -0.113. The molecule has 2 aromatic carbocycles. The highest BCUT2D eigenvalue weighted by Gasteiger charge is 2.29. The van der Waals surface area contributed by atoms with E-state index in [0.29, 0.717) is 47.6 Å². The molecule has 0 bridgehead atoms. The molecule has 11 heteroatoms. The number of carbonyl (C=O) groups is 2. The molecule has 1 fully saturated rings. The number of anilines is 2. The van der Waals surface area contributed by atoms with Crippen molar-refractivity contribution in [3.05, 3.63) is 71.1 Å². The fraction of sp³-hybridized carbons (Fsp3) is 0.280. The van der Waals surface area contributed by atoms with E-state index in [-0.39, 0.29) is 34.6 Å². The maximum Gasteiger partial charge on any atom is 0.254 e. The quantitative estimate of drug-likeness (QED) is 0.276. The Morgan fingerprint density at radius 1 is 1.14 bits per heavy atom. The molecule has 0 aliphatic carbocycles. The zero-order valence-electron chi connectivity index (χ0n) is 19.8. The van der Waals surface area contributed by atoms with Crippen molar-refractivity contribution in [1.82, 2.24) is 14.9 Å². The van der Waals surface area contributed by atoms with E-state index in [1.165, 1.54) is 24.3 Å². The highest BCUT2D eigenvalue weighted by molar-refractivity contribution is 7.99. The normalized spacial score (nSPS) is 15.5. The highest BCUT2D eigenvalue weighted by Crippen LogP contribution is 2.25. The average molecular weight is 530 g/mol. The van der Waals surface area contributed by atoms with Crippen molar-refractivity contribution in [2.45, 2.75) is 18.1 Å². The van der Waals surface area contributed by atoms with Crippen molar-refractivity contribution >= 4 is 46.7 Å². The van der Waals surface area contributed by atoms with Gasteiger partial charge in [-0.1, -0.05) is 23.4 Å². The number of nitrogens with zero attached hydrogens (tertiary/aromatic N) is 4. The molecule has 1 aliphatic heterocycles. The van der Waals surface area contributed by atoms with Gasteiger partial charge in [0, 0.05) is 43.0 Å². The molecule has 1 saturated heterocycles. The SMILES string of the molecule is COc1ccc(C(=O)N2CCN(c3cc(Cl)nc(SCC(=O)Nc4ccc(F)cc4)n3)CC2C)cc1. The second kappa shape index (κ2) is 11.6. The number of piperazine rings is 1. The van der Waals surface area contributed by atoms with E-state index in [2.05, 4.69) is 20.2 Å². The van der Waals surface area contributed by atoms with Gasteiger partial charge in [0.05, 0.1) is 12.9 Å². The second-order valence-corrected chi connectivity index (χ2v) is 9.53. The molecule has 2 amide bonds. The monoisotopic (exact) mass is 529 g/mol. The van der Waals surface area contributed by atoms with E-state index in [1.54, 1.807) is 37.4 Å². The minimum atomic E-state index is -0.373. The molecule has 0 saturated carbocycles. The first-order valence-corrected chi connectivity index (χ1v) is 12.6. The van der Waals surface area contributed by atoms with Crippen molar-refractivity contribution in [2.24, 2.45) is 0 Å². The Hall–Kier alpha value is -3.37. The summed E-state index contributed by atoms with van der Waals surface area (Å²) in [5, 5.41) is 3.34. The number of rotatable bonds is 7. The van der Waals surface area contributed by atoms with E-state index in [1.807, 2.05) is 11.8 Å². The number of aromatic nitrogens is 2. The third-order valence-electron chi connectivity index (χ3n) is 5.67. The number of methoxy groups -OCH3 is 1. The minimum absolute atomic E-state index is 0.0334. The Balaban J connectivity index is 1.36. The molecule has 0 radical (unpaired) electrons. The van der Waals surface area contributed by atoms with Crippen molar-refractivity contribution in [3.8, 4) is 5.75 Å². The van der Waals surface area contributed by atoms with Gasteiger partial charge in [0.25, 0.3) is 5.91 Å². The van der Waals surface area contributed by atoms with Crippen LogP contribution in [-0.4, -0.2) is 65.2 Å². The van der Waals surface area contributed by atoms with Crippen LogP contribution in [-0.2, 0) is 4.79 Å². The van der Waals surface area contributed by atoms with Gasteiger partial charge in [-0.2, -0.15) is 0 Å². The van der Waals surface area contributed by atoms with Crippen LogP contribution in [0.1, 0.15) is 17.3 Å². The average Bonchev–Trinajstić information content (AvgIpc) is 2.88. The number of carbonyl (C=O) groups excluding carboxylic acids is 2. The summed E-state index contributed by atoms with van der Waals surface area (Å²) in [6.45, 7) is 3.67. The molecule has 0 spiro atoms. The standard InChI is InChI=1S/C25H25ClFN5O3S/c1-16-14-31(11-12-32(16)24(34)17-3-9-20(35-2)10-4-17)22-13-21(26)29-25(30-22)36-15-23(33)28-19-7-5-18(27)6-8-19/h3-10,13,16H,11-12,14-15H2,1-2H3,(H,28,33). The van der Waals surface area contributed by atoms with Crippen LogP contribution >= 0.6 is 23.4 Å².